The number of nitrogens with zero attached hydrogens (tertiary/aromatic N) is 1. The largest absolute Gasteiger partial charge is 0.386 e. The van der Waals surface area contributed by atoms with Gasteiger partial charge in [0.05, 0.1) is 17.1 Å². The number of hydrogen-bond acceptors (Lipinski definition) is 4. The fraction of sp³-hybridized carbons (Fsp3) is 0.417. The van der Waals surface area contributed by atoms with Crippen molar-refractivity contribution < 1.29 is 14.8 Å². The maximum atomic E-state index is 11.0. The lowest BCUT2D eigenvalue weighted by atomic mass is 10.00. The molecule has 1 aromatic rings. The number of aliphatic hydroxyl groups excluding tert-OH is 1. The molecule has 0 radical (unpaired) electrons. The average Bonchev–Trinajstić information content (AvgIpc) is 2.35. The molecule has 2 N–H and O–H groups in total. The highest BCUT2D eigenvalue weighted by Gasteiger charge is 2.20. The van der Waals surface area contributed by atoms with Crippen molar-refractivity contribution in [3.05, 3.63) is 39.9 Å². The van der Waals surface area contributed by atoms with Crippen LogP contribution in [0.2, 0.25) is 0 Å². The Morgan fingerprint density at radius 1 is 1.44 bits per heavy atom. The maximum absolute atomic E-state index is 11.0. The second kappa shape index (κ2) is 6.11. The number of benzene rings is 1. The van der Waals surface area contributed by atoms with Crippen molar-refractivity contribution in [1.82, 2.24) is 5.32 Å². The predicted molar refractivity (Wildman–Crippen MR) is 66.0 cm³/mol. The van der Waals surface area contributed by atoms with Gasteiger partial charge in [0.15, 0.2) is 0 Å². The van der Waals surface area contributed by atoms with E-state index in [1.165, 1.54) is 31.2 Å². The standard InChI is InChI=1S/C12H16N2O4/c1-3-11(13-8(2)15)12(16)9-4-6-10(7-5-9)14(17)18/h4-7,11-12,16H,3H2,1-2H3,(H,13,15)/t11-,12+/m1/s1. The van der Waals surface area contributed by atoms with Gasteiger partial charge in [-0.15, -0.1) is 0 Å². The van der Waals surface area contributed by atoms with Gasteiger partial charge < -0.3 is 10.4 Å². The molecule has 2 atom stereocenters. The van der Waals surface area contributed by atoms with Crippen molar-refractivity contribution in [2.45, 2.75) is 32.4 Å². The van der Waals surface area contributed by atoms with Crippen LogP contribution in [0.5, 0.6) is 0 Å². The van der Waals surface area contributed by atoms with E-state index in [1.54, 1.807) is 0 Å². The molecule has 0 aliphatic heterocycles. The number of non-ortho nitro benzene ring substituents is 1. The van der Waals surface area contributed by atoms with E-state index < -0.39 is 17.1 Å². The van der Waals surface area contributed by atoms with Gasteiger partial charge in [-0.2, -0.15) is 0 Å². The monoisotopic (exact) mass is 252 g/mol. The molecule has 0 spiro atoms. The lowest BCUT2D eigenvalue weighted by Gasteiger charge is -2.22. The zero-order valence-electron chi connectivity index (χ0n) is 10.3. The summed E-state index contributed by atoms with van der Waals surface area (Å²) in [5.74, 6) is -0.220. The molecule has 1 amide bonds. The Bertz CT molecular complexity index is 430. The number of aliphatic hydroxyl groups is 1. The average molecular weight is 252 g/mol. The molecule has 1 rings (SSSR count). The van der Waals surface area contributed by atoms with E-state index in [2.05, 4.69) is 5.32 Å². The van der Waals surface area contributed by atoms with Gasteiger partial charge in [0.1, 0.15) is 0 Å². The van der Waals surface area contributed by atoms with Gasteiger partial charge >= 0.3 is 0 Å². The molecule has 0 aromatic heterocycles. The summed E-state index contributed by atoms with van der Waals surface area (Å²) in [4.78, 5) is 21.0. The number of nitro groups is 1. The summed E-state index contributed by atoms with van der Waals surface area (Å²) >= 11 is 0. The Labute approximate surface area is 105 Å². The van der Waals surface area contributed by atoms with Crippen LogP contribution in [0.25, 0.3) is 0 Å². The SMILES string of the molecule is CC[C@@H](NC(C)=O)[C@@H](O)c1ccc([N+](=O)[O-])cc1. The topological polar surface area (TPSA) is 92.5 Å². The molecular formula is C12H16N2O4. The molecule has 0 aliphatic carbocycles. The summed E-state index contributed by atoms with van der Waals surface area (Å²) in [7, 11) is 0. The van der Waals surface area contributed by atoms with Crippen LogP contribution in [-0.2, 0) is 4.79 Å². The van der Waals surface area contributed by atoms with Crippen LogP contribution in [0, 0.1) is 10.1 Å². The first-order valence-electron chi connectivity index (χ1n) is 5.65. The number of nitrogens with one attached hydrogen (secondary N) is 1. The molecule has 0 heterocycles. The van der Waals surface area contributed by atoms with Gasteiger partial charge in [0, 0.05) is 19.1 Å². The first-order chi connectivity index (χ1) is 8.45. The Balaban J connectivity index is 2.84. The van der Waals surface area contributed by atoms with Crippen molar-refractivity contribution in [3.8, 4) is 0 Å². The van der Waals surface area contributed by atoms with Crippen LogP contribution >= 0.6 is 0 Å². The maximum Gasteiger partial charge on any atom is 0.269 e. The molecule has 0 fully saturated rings. The van der Waals surface area contributed by atoms with Gasteiger partial charge in [-0.25, -0.2) is 0 Å². The Morgan fingerprint density at radius 2 is 2.00 bits per heavy atom. The summed E-state index contributed by atoms with van der Waals surface area (Å²) in [5, 5.41) is 23.2. The molecular weight excluding hydrogens is 236 g/mol. The van der Waals surface area contributed by atoms with Crippen molar-refractivity contribution in [2.24, 2.45) is 0 Å². The van der Waals surface area contributed by atoms with Crippen molar-refractivity contribution in [3.63, 3.8) is 0 Å². The number of amides is 1. The van der Waals surface area contributed by atoms with E-state index in [4.69, 9.17) is 0 Å². The van der Waals surface area contributed by atoms with Gasteiger partial charge in [-0.3, -0.25) is 14.9 Å². The normalized spacial score (nSPS) is 13.7. The number of hydrogen-bond donors (Lipinski definition) is 2. The van der Waals surface area contributed by atoms with Crippen molar-refractivity contribution >= 4 is 11.6 Å². The van der Waals surface area contributed by atoms with E-state index in [9.17, 15) is 20.0 Å². The minimum absolute atomic E-state index is 0.0291. The third-order valence-corrected chi connectivity index (χ3v) is 2.66. The van der Waals surface area contributed by atoms with Gasteiger partial charge in [-0.05, 0) is 24.1 Å². The van der Waals surface area contributed by atoms with Crippen LogP contribution in [0.1, 0.15) is 31.9 Å². The van der Waals surface area contributed by atoms with E-state index in [0.717, 1.165) is 0 Å². The molecule has 0 saturated heterocycles. The Morgan fingerprint density at radius 3 is 2.39 bits per heavy atom. The molecule has 98 valence electrons. The van der Waals surface area contributed by atoms with Crippen LogP contribution < -0.4 is 5.32 Å². The molecule has 18 heavy (non-hydrogen) atoms. The number of nitro benzene ring substituents is 1. The van der Waals surface area contributed by atoms with Gasteiger partial charge in [-0.1, -0.05) is 6.92 Å². The summed E-state index contributed by atoms with van der Waals surface area (Å²) in [6.07, 6.45) is -0.308. The molecule has 0 saturated carbocycles. The number of rotatable bonds is 5. The Hall–Kier alpha value is -1.95. The van der Waals surface area contributed by atoms with Crippen LogP contribution in [0.4, 0.5) is 5.69 Å². The first kappa shape index (κ1) is 14.1. The third kappa shape index (κ3) is 3.53. The van der Waals surface area contributed by atoms with Crippen molar-refractivity contribution in [1.29, 1.82) is 0 Å². The molecule has 1 aromatic carbocycles. The minimum Gasteiger partial charge on any atom is -0.386 e. The van der Waals surface area contributed by atoms with E-state index in [0.29, 0.717) is 12.0 Å². The van der Waals surface area contributed by atoms with Crippen LogP contribution in [0.3, 0.4) is 0 Å². The van der Waals surface area contributed by atoms with Gasteiger partial charge in [0.25, 0.3) is 5.69 Å². The quantitative estimate of drug-likeness (QED) is 0.614. The predicted octanol–water partition coefficient (Wildman–Crippen LogP) is 1.54. The first-order valence-corrected chi connectivity index (χ1v) is 5.65. The van der Waals surface area contributed by atoms with Gasteiger partial charge in [0.2, 0.25) is 5.91 Å². The molecule has 0 unspecified atom stereocenters. The lowest BCUT2D eigenvalue weighted by molar-refractivity contribution is -0.384. The zero-order valence-corrected chi connectivity index (χ0v) is 10.3. The second-order valence-electron chi connectivity index (χ2n) is 4.01. The van der Waals surface area contributed by atoms with Crippen LogP contribution in [-0.4, -0.2) is 22.0 Å². The molecule has 0 aliphatic rings. The summed E-state index contributed by atoms with van der Waals surface area (Å²) < 4.78 is 0. The lowest BCUT2D eigenvalue weighted by Crippen LogP contribution is -2.37. The molecule has 0 bridgehead atoms. The van der Waals surface area contributed by atoms with Crippen molar-refractivity contribution in [2.75, 3.05) is 0 Å². The van der Waals surface area contributed by atoms with E-state index in [-0.39, 0.29) is 11.6 Å². The minimum atomic E-state index is -0.875. The second-order valence-corrected chi connectivity index (χ2v) is 4.01. The highest BCUT2D eigenvalue weighted by Crippen LogP contribution is 2.21. The molecule has 6 nitrogen and oxygen atoms in total. The summed E-state index contributed by atoms with van der Waals surface area (Å²) in [5.41, 5.74) is 0.514. The fourth-order valence-corrected chi connectivity index (χ4v) is 1.69. The fourth-order valence-electron chi connectivity index (χ4n) is 1.69. The van der Waals surface area contributed by atoms with Crippen LogP contribution in [0.15, 0.2) is 24.3 Å². The number of carbonyl (C=O) groups excluding carboxylic acids is 1. The third-order valence-electron chi connectivity index (χ3n) is 2.66. The highest BCUT2D eigenvalue weighted by molar-refractivity contribution is 5.73. The Kier molecular flexibility index (Phi) is 4.79. The number of carbonyl (C=O) groups is 1. The summed E-state index contributed by atoms with van der Waals surface area (Å²) in [6, 6.07) is 5.25. The van der Waals surface area contributed by atoms with E-state index >= 15 is 0 Å². The highest BCUT2D eigenvalue weighted by atomic mass is 16.6. The molecule has 6 heteroatoms. The summed E-state index contributed by atoms with van der Waals surface area (Å²) in [6.45, 7) is 3.22. The smallest absolute Gasteiger partial charge is 0.269 e. The zero-order chi connectivity index (χ0) is 13.7. The van der Waals surface area contributed by atoms with E-state index in [1.807, 2.05) is 6.92 Å².